The molecule has 0 radical (unpaired) electrons. The van der Waals surface area contributed by atoms with Gasteiger partial charge in [-0.25, -0.2) is 4.98 Å². The second-order valence-electron chi connectivity index (χ2n) is 9.13. The second-order valence-corrected chi connectivity index (χ2v) is 10.1. The lowest BCUT2D eigenvalue weighted by molar-refractivity contribution is -0.113. The maximum atomic E-state index is 12.9. The van der Waals surface area contributed by atoms with Crippen LogP contribution in [-0.4, -0.2) is 38.8 Å². The summed E-state index contributed by atoms with van der Waals surface area (Å²) in [4.78, 5) is 26.9. The molecule has 0 bridgehead atoms. The topological polar surface area (TPSA) is 106 Å². The summed E-state index contributed by atoms with van der Waals surface area (Å²) in [5, 5.41) is 13.6. The van der Waals surface area contributed by atoms with Crippen molar-refractivity contribution in [1.29, 1.82) is 0 Å². The van der Waals surface area contributed by atoms with Crippen molar-refractivity contribution in [3.05, 3.63) is 82.2 Å². The fourth-order valence-corrected chi connectivity index (χ4v) is 5.10. The smallest absolute Gasteiger partial charge is 0.234 e. The number of fused-ring (bicyclic) bond motifs is 2. The number of carbonyl (C=O) groups excluding carboxylic acids is 1. The Morgan fingerprint density at radius 3 is 2.63 bits per heavy atom. The molecule has 2 N–H and O–H groups in total. The lowest BCUT2D eigenvalue weighted by Gasteiger charge is -2.24. The van der Waals surface area contributed by atoms with E-state index in [1.807, 2.05) is 63.2 Å². The summed E-state index contributed by atoms with van der Waals surface area (Å²) in [7, 11) is 1.62. The van der Waals surface area contributed by atoms with Crippen molar-refractivity contribution in [1.82, 2.24) is 15.0 Å². The highest BCUT2D eigenvalue weighted by Gasteiger charge is 2.28. The van der Waals surface area contributed by atoms with E-state index in [0.29, 0.717) is 34.5 Å². The van der Waals surface area contributed by atoms with E-state index in [-0.39, 0.29) is 18.3 Å². The van der Waals surface area contributed by atoms with Crippen LogP contribution in [0, 0.1) is 20.8 Å². The van der Waals surface area contributed by atoms with Crippen molar-refractivity contribution in [3.63, 3.8) is 0 Å². The summed E-state index contributed by atoms with van der Waals surface area (Å²) in [6, 6.07) is 13.4. The number of ether oxygens (including phenoxy) is 2. The van der Waals surface area contributed by atoms with Gasteiger partial charge in [0.2, 0.25) is 11.8 Å². The van der Waals surface area contributed by atoms with E-state index >= 15 is 0 Å². The van der Waals surface area contributed by atoms with Gasteiger partial charge >= 0.3 is 0 Å². The zero-order valence-electron chi connectivity index (χ0n) is 21.7. The summed E-state index contributed by atoms with van der Waals surface area (Å²) >= 11 is 1.34. The van der Waals surface area contributed by atoms with Gasteiger partial charge < -0.3 is 19.9 Å². The average molecular weight is 529 g/mol. The third kappa shape index (κ3) is 5.20. The van der Waals surface area contributed by atoms with Crippen LogP contribution in [0.3, 0.4) is 0 Å². The number of benzene rings is 2. The Balaban J connectivity index is 1.49. The molecule has 3 heterocycles. The van der Waals surface area contributed by atoms with E-state index in [1.54, 1.807) is 13.3 Å². The molecule has 0 atom stereocenters. The molecule has 0 fully saturated rings. The Hall–Kier alpha value is -3.95. The molecule has 2 aromatic heterocycles. The van der Waals surface area contributed by atoms with Crippen LogP contribution in [0.5, 0.6) is 17.4 Å². The lowest BCUT2D eigenvalue weighted by atomic mass is 9.99. The predicted molar refractivity (Wildman–Crippen MR) is 147 cm³/mol. The van der Waals surface area contributed by atoms with Gasteiger partial charge in [-0.15, -0.1) is 0 Å². The number of nitrogens with one attached hydrogen (secondary N) is 1. The largest absolute Gasteiger partial charge is 0.497 e. The number of pyridine rings is 1. The fraction of sp³-hybridized carbons (Fsp3) is 0.241. The molecule has 4 aromatic rings. The van der Waals surface area contributed by atoms with E-state index in [9.17, 15) is 9.90 Å². The van der Waals surface area contributed by atoms with Gasteiger partial charge in [0.15, 0.2) is 11.6 Å². The van der Waals surface area contributed by atoms with Gasteiger partial charge in [0, 0.05) is 35.0 Å². The first-order valence-electron chi connectivity index (χ1n) is 12.2. The van der Waals surface area contributed by atoms with Gasteiger partial charge in [-0.05, 0) is 62.2 Å². The summed E-state index contributed by atoms with van der Waals surface area (Å²) in [5.41, 5.74) is 6.72. The summed E-state index contributed by atoms with van der Waals surface area (Å²) in [6.07, 6.45) is 2.13. The normalized spacial score (nSPS) is 11.8. The minimum absolute atomic E-state index is 0.129. The van der Waals surface area contributed by atoms with Crippen molar-refractivity contribution in [2.45, 2.75) is 38.8 Å². The Morgan fingerprint density at radius 2 is 1.89 bits per heavy atom. The minimum Gasteiger partial charge on any atom is -0.497 e. The van der Waals surface area contributed by atoms with Crippen molar-refractivity contribution in [2.24, 2.45) is 0 Å². The molecule has 194 valence electrons. The first kappa shape index (κ1) is 25.7. The Morgan fingerprint density at radius 1 is 1.11 bits per heavy atom. The van der Waals surface area contributed by atoms with Gasteiger partial charge in [-0.3, -0.25) is 9.78 Å². The molecule has 0 spiro atoms. The number of aromatic nitrogens is 3. The molecule has 0 saturated heterocycles. The van der Waals surface area contributed by atoms with E-state index in [0.717, 1.165) is 44.9 Å². The molecule has 2 aromatic carbocycles. The van der Waals surface area contributed by atoms with Gasteiger partial charge in [0.25, 0.3) is 0 Å². The van der Waals surface area contributed by atoms with Crippen LogP contribution >= 0.6 is 11.8 Å². The maximum absolute atomic E-state index is 12.9. The number of aliphatic hydroxyl groups excluding tert-OH is 1. The number of aliphatic hydroxyl groups is 1. The van der Waals surface area contributed by atoms with Crippen LogP contribution in [0.4, 0.5) is 5.69 Å². The molecule has 38 heavy (non-hydrogen) atoms. The molecule has 5 rings (SSSR count). The molecular weight excluding hydrogens is 500 g/mol. The highest BCUT2D eigenvalue weighted by atomic mass is 32.2. The third-order valence-corrected chi connectivity index (χ3v) is 7.43. The van der Waals surface area contributed by atoms with Crippen molar-refractivity contribution >= 4 is 23.4 Å². The number of hydrogen-bond acceptors (Lipinski definition) is 8. The first-order valence-corrected chi connectivity index (χ1v) is 13.2. The van der Waals surface area contributed by atoms with Crippen molar-refractivity contribution < 1.29 is 19.4 Å². The molecule has 1 aliphatic rings. The predicted octanol–water partition coefficient (Wildman–Crippen LogP) is 5.39. The molecule has 8 nitrogen and oxygen atoms in total. The van der Waals surface area contributed by atoms with Gasteiger partial charge in [-0.1, -0.05) is 23.9 Å². The quantitative estimate of drug-likeness (QED) is 0.214. The number of nitrogens with zero attached hydrogens (tertiary/aromatic N) is 3. The minimum atomic E-state index is -0.153. The molecule has 1 amide bonds. The zero-order chi connectivity index (χ0) is 26.8. The van der Waals surface area contributed by atoms with Gasteiger partial charge in [-0.2, -0.15) is 4.98 Å². The lowest BCUT2D eigenvalue weighted by Crippen LogP contribution is -2.16. The number of carbonyl (C=O) groups is 1. The summed E-state index contributed by atoms with van der Waals surface area (Å²) in [6.45, 7) is 5.67. The van der Waals surface area contributed by atoms with Crippen LogP contribution in [0.25, 0.3) is 11.4 Å². The van der Waals surface area contributed by atoms with Crippen LogP contribution in [0.2, 0.25) is 0 Å². The van der Waals surface area contributed by atoms with E-state index in [2.05, 4.69) is 10.3 Å². The first-order chi connectivity index (χ1) is 18.4. The van der Waals surface area contributed by atoms with E-state index in [1.165, 1.54) is 11.8 Å². The second kappa shape index (κ2) is 10.8. The van der Waals surface area contributed by atoms with E-state index in [4.69, 9.17) is 19.4 Å². The third-order valence-electron chi connectivity index (χ3n) is 6.41. The van der Waals surface area contributed by atoms with Gasteiger partial charge in [0.1, 0.15) is 10.8 Å². The number of anilines is 1. The van der Waals surface area contributed by atoms with Crippen LogP contribution in [0.15, 0.2) is 53.7 Å². The van der Waals surface area contributed by atoms with Crippen molar-refractivity contribution in [3.8, 4) is 28.8 Å². The Kier molecular flexibility index (Phi) is 7.31. The highest BCUT2D eigenvalue weighted by molar-refractivity contribution is 8.00. The number of rotatable bonds is 7. The number of thioether (sulfide) groups is 1. The monoisotopic (exact) mass is 528 g/mol. The Bertz CT molecular complexity index is 1520. The van der Waals surface area contributed by atoms with Crippen LogP contribution < -0.4 is 14.8 Å². The van der Waals surface area contributed by atoms with Gasteiger partial charge in [0.05, 0.1) is 30.7 Å². The molecule has 0 saturated carbocycles. The zero-order valence-corrected chi connectivity index (χ0v) is 22.5. The number of aryl methyl sites for hydroxylation is 3. The molecule has 0 unspecified atom stereocenters. The average Bonchev–Trinajstić information content (AvgIpc) is 2.93. The van der Waals surface area contributed by atoms with E-state index < -0.39 is 0 Å². The number of amides is 1. The molecule has 0 aliphatic carbocycles. The fourth-order valence-electron chi connectivity index (χ4n) is 4.27. The number of hydrogen-bond donors (Lipinski definition) is 2. The summed E-state index contributed by atoms with van der Waals surface area (Å²) in [5.74, 6) is 2.27. The van der Waals surface area contributed by atoms with Crippen LogP contribution in [-0.2, 0) is 17.8 Å². The van der Waals surface area contributed by atoms with Crippen LogP contribution in [0.1, 0.15) is 33.5 Å². The SMILES string of the molecule is COc1ccc(-c2nc3c(c(SCC(=O)Nc4cc(C)ccc4C)n2)Cc2c(CO)cnc(C)c2O3)cc1. The molecule has 1 aliphatic heterocycles. The summed E-state index contributed by atoms with van der Waals surface area (Å²) < 4.78 is 11.5. The van der Waals surface area contributed by atoms with Crippen molar-refractivity contribution in [2.75, 3.05) is 18.2 Å². The highest BCUT2D eigenvalue weighted by Crippen LogP contribution is 2.42. The number of methoxy groups -OCH3 is 1. The standard InChI is InChI=1S/C29H28N4O4S/c1-16-5-6-17(2)24(11-16)31-25(35)15-38-29-23-12-22-20(14-34)13-30-18(3)26(22)37-28(23)32-27(33-29)19-7-9-21(36-4)10-8-19/h5-11,13,34H,12,14-15H2,1-4H3,(H,31,35). The molecular formula is C29H28N4O4S. The Labute approximate surface area is 225 Å². The molecule has 9 heteroatoms. The maximum Gasteiger partial charge on any atom is 0.234 e.